The highest BCUT2D eigenvalue weighted by molar-refractivity contribution is 7.18. The summed E-state index contributed by atoms with van der Waals surface area (Å²) in [6, 6.07) is 1.41. The first kappa shape index (κ1) is 25.0. The molecule has 15 heteroatoms. The van der Waals surface area contributed by atoms with Gasteiger partial charge in [-0.25, -0.2) is 14.3 Å². The zero-order valence-electron chi connectivity index (χ0n) is 17.7. The molecule has 3 heterocycles. The van der Waals surface area contributed by atoms with E-state index in [-0.39, 0.29) is 37.8 Å². The quantitative estimate of drug-likeness (QED) is 0.389. The summed E-state index contributed by atoms with van der Waals surface area (Å²) in [5.74, 6) is -8.08. The van der Waals surface area contributed by atoms with Gasteiger partial charge < -0.3 is 15.8 Å². The molecule has 0 unspecified atom stereocenters. The Hall–Kier alpha value is -3.62. The van der Waals surface area contributed by atoms with Gasteiger partial charge in [-0.1, -0.05) is 0 Å². The molecule has 3 aromatic rings. The number of ether oxygens (including phenoxy) is 1. The fourth-order valence-corrected chi connectivity index (χ4v) is 4.07. The van der Waals surface area contributed by atoms with Gasteiger partial charge in [-0.3, -0.25) is 9.59 Å². The van der Waals surface area contributed by atoms with Crippen molar-refractivity contribution in [3.05, 3.63) is 45.2 Å². The highest BCUT2D eigenvalue weighted by Crippen LogP contribution is 2.44. The molecule has 0 aromatic carbocycles. The van der Waals surface area contributed by atoms with E-state index in [4.69, 9.17) is 10.5 Å². The van der Waals surface area contributed by atoms with Crippen molar-refractivity contribution in [3.63, 3.8) is 0 Å². The zero-order chi connectivity index (χ0) is 25.6. The van der Waals surface area contributed by atoms with Gasteiger partial charge >= 0.3 is 18.1 Å². The number of nitrogens with two attached hydrogens (primary N) is 1. The van der Waals surface area contributed by atoms with Crippen LogP contribution in [0.4, 0.5) is 27.0 Å². The van der Waals surface area contributed by atoms with E-state index in [9.17, 15) is 36.3 Å². The van der Waals surface area contributed by atoms with E-state index in [1.54, 1.807) is 0 Å². The van der Waals surface area contributed by atoms with Crippen LogP contribution in [0.3, 0.4) is 0 Å². The second-order valence-corrected chi connectivity index (χ2v) is 7.97. The van der Waals surface area contributed by atoms with E-state index < -0.39 is 46.9 Å². The van der Waals surface area contributed by atoms with Crippen molar-refractivity contribution in [2.24, 2.45) is 5.73 Å². The van der Waals surface area contributed by atoms with Gasteiger partial charge in [0.15, 0.2) is 11.3 Å². The maximum atomic E-state index is 14.1. The fourth-order valence-electron chi connectivity index (χ4n) is 3.03. The van der Waals surface area contributed by atoms with Crippen LogP contribution < -0.4 is 11.1 Å². The lowest BCUT2D eigenvalue weighted by Crippen LogP contribution is -2.36. The number of rotatable bonds is 6. The number of fused-ring (bicyclic) bond motifs is 1. The normalized spacial score (nSPS) is 12.1. The summed E-state index contributed by atoms with van der Waals surface area (Å²) in [7, 11) is 0. The van der Waals surface area contributed by atoms with Gasteiger partial charge in [0.2, 0.25) is 0 Å². The number of hydrogen-bond acceptors (Lipinski definition) is 7. The number of aromatic nitrogens is 3. The van der Waals surface area contributed by atoms with Gasteiger partial charge in [0.1, 0.15) is 10.7 Å². The van der Waals surface area contributed by atoms with Crippen molar-refractivity contribution in [2.75, 3.05) is 11.9 Å². The maximum absolute atomic E-state index is 14.1. The van der Waals surface area contributed by atoms with E-state index >= 15 is 0 Å². The van der Waals surface area contributed by atoms with Crippen molar-refractivity contribution in [1.29, 1.82) is 0 Å². The second kappa shape index (κ2) is 8.62. The second-order valence-electron chi connectivity index (χ2n) is 6.95. The molecule has 0 aliphatic heterocycles. The molecule has 9 nitrogen and oxygen atoms in total. The third-order valence-corrected chi connectivity index (χ3v) is 5.76. The molecule has 3 N–H and O–H groups in total. The predicted molar refractivity (Wildman–Crippen MR) is 109 cm³/mol. The van der Waals surface area contributed by atoms with Crippen molar-refractivity contribution in [3.8, 4) is 0 Å². The maximum Gasteiger partial charge on any atom is 0.459 e. The summed E-state index contributed by atoms with van der Waals surface area (Å²) in [6.07, 6.45) is -5.92. The van der Waals surface area contributed by atoms with Crippen molar-refractivity contribution >= 4 is 39.8 Å². The smallest absolute Gasteiger partial charge is 0.459 e. The number of amides is 2. The number of aryl methyl sites for hydroxylation is 1. The number of thiophene rings is 1. The number of primary amides is 1. The topological polar surface area (TPSA) is 129 Å². The van der Waals surface area contributed by atoms with Crippen LogP contribution in [-0.2, 0) is 10.7 Å². The molecular formula is C19H16F5N5O4S. The summed E-state index contributed by atoms with van der Waals surface area (Å²) >= 11 is 0.665. The molecule has 0 bridgehead atoms. The summed E-state index contributed by atoms with van der Waals surface area (Å²) in [6.45, 7) is 4.13. The highest BCUT2D eigenvalue weighted by atomic mass is 32.1. The monoisotopic (exact) mass is 505 g/mol. The van der Waals surface area contributed by atoms with Crippen molar-refractivity contribution in [2.45, 2.75) is 32.9 Å². The Morgan fingerprint density at radius 2 is 1.82 bits per heavy atom. The lowest BCUT2D eigenvalue weighted by atomic mass is 10.1. The van der Waals surface area contributed by atoms with Crippen LogP contribution >= 0.6 is 11.3 Å². The standard InChI is InChI=1S/C19H16F5N5O4S/c1-4-33-17(32)12-8(3)13(14(25)30)34-16(12)27-15(31)9-6-11-26-7(2)5-10(29(11)28-9)18(20,21)19(22,23)24/h5-6H,4H2,1-3H3,(H2,25,30)(H,27,31). The number of nitrogens with one attached hydrogen (secondary N) is 1. The van der Waals surface area contributed by atoms with Gasteiger partial charge in [-0.2, -0.15) is 27.1 Å². The number of anilines is 1. The van der Waals surface area contributed by atoms with Crippen molar-refractivity contribution in [1.82, 2.24) is 14.6 Å². The van der Waals surface area contributed by atoms with Crippen LogP contribution in [0.2, 0.25) is 0 Å². The molecule has 3 rings (SSSR count). The summed E-state index contributed by atoms with van der Waals surface area (Å²) in [4.78, 5) is 40.6. The van der Waals surface area contributed by atoms with E-state index in [1.165, 1.54) is 20.8 Å². The first-order chi connectivity index (χ1) is 15.7. The number of alkyl halides is 5. The molecular weight excluding hydrogens is 489 g/mol. The molecule has 3 aromatic heterocycles. The molecule has 0 aliphatic carbocycles. The van der Waals surface area contributed by atoms with Gasteiger partial charge in [-0.15, -0.1) is 11.3 Å². The van der Waals surface area contributed by atoms with Crippen molar-refractivity contribution < 1.29 is 41.1 Å². The molecule has 34 heavy (non-hydrogen) atoms. The molecule has 182 valence electrons. The largest absolute Gasteiger partial charge is 0.462 e. The number of nitrogens with zero attached hydrogens (tertiary/aromatic N) is 3. The van der Waals surface area contributed by atoms with Gasteiger partial charge in [-0.05, 0) is 32.4 Å². The molecule has 0 fully saturated rings. The van der Waals surface area contributed by atoms with Crippen LogP contribution in [0.25, 0.3) is 5.65 Å². The molecule has 0 radical (unpaired) electrons. The molecule has 0 aliphatic rings. The number of hydrogen-bond donors (Lipinski definition) is 2. The molecule has 0 atom stereocenters. The Morgan fingerprint density at radius 1 is 1.18 bits per heavy atom. The highest BCUT2D eigenvalue weighted by Gasteiger charge is 2.60. The zero-order valence-corrected chi connectivity index (χ0v) is 18.5. The minimum absolute atomic E-state index is 0.0128. The molecule has 0 saturated carbocycles. The SMILES string of the molecule is CCOC(=O)c1c(NC(=O)c2cc3nc(C)cc(C(F)(F)C(F)(F)F)n3n2)sc(C(N)=O)c1C. The average molecular weight is 505 g/mol. The fraction of sp³-hybridized carbons (Fsp3) is 0.316. The summed E-state index contributed by atoms with van der Waals surface area (Å²) in [5.41, 5.74) is 2.58. The minimum atomic E-state index is -5.92. The molecule has 0 saturated heterocycles. The van der Waals surface area contributed by atoms with Crippen LogP contribution in [0.1, 0.15) is 54.4 Å². The van der Waals surface area contributed by atoms with Crippen LogP contribution in [0, 0.1) is 13.8 Å². The van der Waals surface area contributed by atoms with Crippen LogP contribution in [0.15, 0.2) is 12.1 Å². The first-order valence-corrected chi connectivity index (χ1v) is 10.2. The number of halogens is 5. The Morgan fingerprint density at radius 3 is 2.38 bits per heavy atom. The molecule has 2 amide bonds. The Balaban J connectivity index is 2.07. The Labute approximate surface area is 191 Å². The third-order valence-electron chi connectivity index (χ3n) is 4.54. The third kappa shape index (κ3) is 4.30. The van der Waals surface area contributed by atoms with Gasteiger partial charge in [0.25, 0.3) is 11.8 Å². The van der Waals surface area contributed by atoms with E-state index in [1.807, 2.05) is 0 Å². The average Bonchev–Trinajstić information content (AvgIpc) is 3.27. The van der Waals surface area contributed by atoms with E-state index in [0.29, 0.717) is 17.4 Å². The number of carbonyl (C=O) groups is 3. The number of carbonyl (C=O) groups excluding carboxylic acids is 3. The van der Waals surface area contributed by atoms with Crippen LogP contribution in [-0.4, -0.2) is 45.2 Å². The Kier molecular flexibility index (Phi) is 6.34. The van der Waals surface area contributed by atoms with E-state index in [0.717, 1.165) is 6.07 Å². The lowest BCUT2D eigenvalue weighted by Gasteiger charge is -2.20. The number of esters is 1. The molecule has 0 spiro atoms. The van der Waals surface area contributed by atoms with Gasteiger partial charge in [0, 0.05) is 11.8 Å². The lowest BCUT2D eigenvalue weighted by molar-refractivity contribution is -0.291. The van der Waals surface area contributed by atoms with E-state index in [2.05, 4.69) is 15.4 Å². The van der Waals surface area contributed by atoms with Crippen LogP contribution in [0.5, 0.6) is 0 Å². The van der Waals surface area contributed by atoms with Gasteiger partial charge in [0.05, 0.1) is 17.0 Å². The summed E-state index contributed by atoms with van der Waals surface area (Å²) < 4.78 is 72.1. The predicted octanol–water partition coefficient (Wildman–Crippen LogP) is 3.59. The Bertz CT molecular complexity index is 1310. The first-order valence-electron chi connectivity index (χ1n) is 9.43. The minimum Gasteiger partial charge on any atom is -0.462 e. The summed E-state index contributed by atoms with van der Waals surface area (Å²) in [5, 5.41) is 5.73.